The number of benzene rings is 2. The van der Waals surface area contributed by atoms with Crippen LogP contribution in [0.5, 0.6) is 11.5 Å². The van der Waals surface area contributed by atoms with Crippen molar-refractivity contribution in [1.82, 2.24) is 4.98 Å². The average molecular weight is 542 g/mol. The lowest BCUT2D eigenvalue weighted by molar-refractivity contribution is -0.294. The predicted molar refractivity (Wildman–Crippen MR) is 145 cm³/mol. The van der Waals surface area contributed by atoms with Crippen LogP contribution < -0.4 is 9.47 Å². The van der Waals surface area contributed by atoms with Gasteiger partial charge in [-0.2, -0.15) is 0 Å². The normalized spacial score (nSPS) is 23.1. The van der Waals surface area contributed by atoms with E-state index in [2.05, 4.69) is 4.98 Å². The van der Waals surface area contributed by atoms with Crippen LogP contribution in [0.4, 0.5) is 0 Å². The highest BCUT2D eigenvalue weighted by Gasteiger charge is 2.44. The van der Waals surface area contributed by atoms with Gasteiger partial charge in [-0.3, -0.25) is 4.98 Å². The van der Waals surface area contributed by atoms with Crippen LogP contribution in [0.2, 0.25) is 0 Å². The summed E-state index contributed by atoms with van der Waals surface area (Å²) in [5.74, 6) is 1.59. The lowest BCUT2D eigenvalue weighted by Crippen LogP contribution is -2.59. The number of aromatic nitrogens is 1. The third-order valence-electron chi connectivity index (χ3n) is 6.87. The summed E-state index contributed by atoms with van der Waals surface area (Å²) in [6.07, 6.45) is 1.57. The summed E-state index contributed by atoms with van der Waals surface area (Å²) in [5, 5.41) is 40.1. The number of hydrogen-bond donors (Lipinski definition) is 4. The summed E-state index contributed by atoms with van der Waals surface area (Å²) < 4.78 is 22.5. The third kappa shape index (κ3) is 8.35. The van der Waals surface area contributed by atoms with Gasteiger partial charge >= 0.3 is 0 Å². The lowest BCUT2D eigenvalue weighted by atomic mass is 9.99. The Morgan fingerprint density at radius 3 is 2.31 bits per heavy atom. The van der Waals surface area contributed by atoms with Gasteiger partial charge < -0.3 is 39.4 Å². The number of rotatable bonds is 15. The monoisotopic (exact) mass is 541 g/mol. The number of aliphatic hydroxyl groups excluding tert-OH is 4. The van der Waals surface area contributed by atoms with Crippen molar-refractivity contribution >= 4 is 10.9 Å². The molecular weight excluding hydrogens is 502 g/mol. The zero-order valence-corrected chi connectivity index (χ0v) is 22.1. The smallest absolute Gasteiger partial charge is 0.184 e. The maximum atomic E-state index is 10.2. The molecule has 0 bridgehead atoms. The van der Waals surface area contributed by atoms with Gasteiger partial charge in [0.2, 0.25) is 0 Å². The molecule has 3 aromatic rings. The minimum absolute atomic E-state index is 0.348. The Morgan fingerprint density at radius 1 is 0.795 bits per heavy atom. The van der Waals surface area contributed by atoms with Crippen LogP contribution in [0, 0.1) is 0 Å². The van der Waals surface area contributed by atoms with Crippen LogP contribution in [-0.4, -0.2) is 75.9 Å². The largest absolute Gasteiger partial charge is 0.493 e. The molecule has 39 heavy (non-hydrogen) atoms. The van der Waals surface area contributed by atoms with E-state index in [9.17, 15) is 20.4 Å². The fourth-order valence-electron chi connectivity index (χ4n) is 4.64. The number of aliphatic hydroxyl groups is 4. The first-order chi connectivity index (χ1) is 19.1. The van der Waals surface area contributed by atoms with E-state index in [-0.39, 0.29) is 0 Å². The first kappa shape index (κ1) is 29.2. The van der Waals surface area contributed by atoms with Gasteiger partial charge in [0.1, 0.15) is 42.5 Å². The first-order valence-electron chi connectivity index (χ1n) is 13.7. The minimum Gasteiger partial charge on any atom is -0.493 e. The van der Waals surface area contributed by atoms with Crippen molar-refractivity contribution in [3.8, 4) is 11.5 Å². The number of ether oxygens (including phenoxy) is 4. The maximum Gasteiger partial charge on any atom is 0.184 e. The SMILES string of the molecule is OC[C@H]1OC(O)[C@H](O)[C@@H](OCCCCCCCCOc2ccnc3cc(OCc4ccccc4)ccc23)[C@@H]1O. The molecule has 1 unspecified atom stereocenters. The van der Waals surface area contributed by atoms with Crippen LogP contribution in [0.1, 0.15) is 44.1 Å². The van der Waals surface area contributed by atoms with Gasteiger partial charge in [0.05, 0.1) is 18.7 Å². The molecule has 1 saturated heterocycles. The highest BCUT2D eigenvalue weighted by atomic mass is 16.6. The molecule has 5 atom stereocenters. The Balaban J connectivity index is 1.10. The quantitative estimate of drug-likeness (QED) is 0.214. The van der Waals surface area contributed by atoms with Gasteiger partial charge in [-0.25, -0.2) is 0 Å². The first-order valence-corrected chi connectivity index (χ1v) is 13.7. The standard InChI is InChI=1S/C30H39NO8/c32-19-26-27(33)29(28(34)30(35)39-26)37-17-9-4-2-1-3-8-16-36-25-14-15-31-24-18-22(12-13-23(24)25)38-20-21-10-6-5-7-11-21/h5-7,10-15,18,26-30,32-35H,1-4,8-9,16-17,19-20H2/t26-,27-,28-,29+,30?/m1/s1. The molecule has 212 valence electrons. The zero-order valence-electron chi connectivity index (χ0n) is 22.1. The average Bonchev–Trinajstić information content (AvgIpc) is 2.96. The molecule has 0 spiro atoms. The van der Waals surface area contributed by atoms with E-state index in [4.69, 9.17) is 18.9 Å². The van der Waals surface area contributed by atoms with Crippen LogP contribution in [-0.2, 0) is 16.1 Å². The highest BCUT2D eigenvalue weighted by molar-refractivity contribution is 5.85. The highest BCUT2D eigenvalue weighted by Crippen LogP contribution is 2.28. The Bertz CT molecular complexity index is 1130. The van der Waals surface area contributed by atoms with Gasteiger partial charge in [-0.1, -0.05) is 56.0 Å². The van der Waals surface area contributed by atoms with Crippen LogP contribution in [0.15, 0.2) is 60.8 Å². The maximum absolute atomic E-state index is 10.2. The van der Waals surface area contributed by atoms with Crippen LogP contribution >= 0.6 is 0 Å². The molecule has 9 heteroatoms. The molecule has 1 aliphatic heterocycles. The molecule has 2 aromatic carbocycles. The number of fused-ring (bicyclic) bond motifs is 1. The molecule has 1 fully saturated rings. The number of pyridine rings is 1. The summed E-state index contributed by atoms with van der Waals surface area (Å²) in [6, 6.07) is 17.8. The van der Waals surface area contributed by atoms with E-state index in [0.717, 1.165) is 66.5 Å². The minimum atomic E-state index is -1.49. The molecule has 0 aliphatic carbocycles. The van der Waals surface area contributed by atoms with Crippen molar-refractivity contribution in [1.29, 1.82) is 0 Å². The summed E-state index contributed by atoms with van der Waals surface area (Å²) >= 11 is 0. The fraction of sp³-hybridized carbons (Fsp3) is 0.500. The third-order valence-corrected chi connectivity index (χ3v) is 6.87. The Kier molecular flexibility index (Phi) is 11.3. The molecule has 2 heterocycles. The van der Waals surface area contributed by atoms with Crippen molar-refractivity contribution in [2.24, 2.45) is 0 Å². The zero-order chi connectivity index (χ0) is 27.5. The Hall–Kier alpha value is -2.79. The van der Waals surface area contributed by atoms with Crippen LogP contribution in [0.3, 0.4) is 0 Å². The number of hydrogen-bond acceptors (Lipinski definition) is 9. The second-order valence-corrected chi connectivity index (χ2v) is 9.80. The van der Waals surface area contributed by atoms with Crippen LogP contribution in [0.25, 0.3) is 10.9 Å². The van der Waals surface area contributed by atoms with E-state index in [1.807, 2.05) is 54.6 Å². The van der Waals surface area contributed by atoms with Gasteiger partial charge in [-0.15, -0.1) is 0 Å². The van der Waals surface area contributed by atoms with E-state index in [1.54, 1.807) is 6.20 Å². The van der Waals surface area contributed by atoms with Gasteiger partial charge in [-0.05, 0) is 36.6 Å². The topological polar surface area (TPSA) is 131 Å². The number of nitrogens with zero attached hydrogens (tertiary/aromatic N) is 1. The molecule has 1 aliphatic rings. The molecule has 0 radical (unpaired) electrons. The van der Waals surface area contributed by atoms with Crippen molar-refractivity contribution < 1.29 is 39.4 Å². The molecule has 1 aromatic heterocycles. The summed E-state index contributed by atoms with van der Waals surface area (Å²) in [6.45, 7) is 1.02. The fourth-order valence-corrected chi connectivity index (χ4v) is 4.64. The van der Waals surface area contributed by atoms with Crippen molar-refractivity contribution in [2.75, 3.05) is 19.8 Å². The van der Waals surface area contributed by atoms with Crippen molar-refractivity contribution in [3.63, 3.8) is 0 Å². The van der Waals surface area contributed by atoms with Crippen molar-refractivity contribution in [3.05, 3.63) is 66.4 Å². The molecule has 4 N–H and O–H groups in total. The van der Waals surface area contributed by atoms with Crippen molar-refractivity contribution in [2.45, 2.75) is 75.8 Å². The molecule has 9 nitrogen and oxygen atoms in total. The predicted octanol–water partition coefficient (Wildman–Crippen LogP) is 3.35. The Morgan fingerprint density at radius 2 is 1.54 bits per heavy atom. The molecule has 4 rings (SSSR count). The summed E-state index contributed by atoms with van der Waals surface area (Å²) in [7, 11) is 0. The lowest BCUT2D eigenvalue weighted by Gasteiger charge is -2.39. The number of unbranched alkanes of at least 4 members (excludes halogenated alkanes) is 5. The summed E-state index contributed by atoms with van der Waals surface area (Å²) in [5.41, 5.74) is 1.95. The second-order valence-electron chi connectivity index (χ2n) is 9.80. The summed E-state index contributed by atoms with van der Waals surface area (Å²) in [4.78, 5) is 4.47. The van der Waals surface area contributed by atoms with Gasteiger partial charge in [0, 0.05) is 24.3 Å². The molecule has 0 amide bonds. The van der Waals surface area contributed by atoms with E-state index in [1.165, 1.54) is 0 Å². The van der Waals surface area contributed by atoms with E-state index >= 15 is 0 Å². The Labute approximate surface area is 228 Å². The van der Waals surface area contributed by atoms with E-state index in [0.29, 0.717) is 19.8 Å². The van der Waals surface area contributed by atoms with Gasteiger partial charge in [0.15, 0.2) is 6.29 Å². The van der Waals surface area contributed by atoms with Gasteiger partial charge in [0.25, 0.3) is 0 Å². The molecule has 0 saturated carbocycles. The van der Waals surface area contributed by atoms with E-state index < -0.39 is 37.3 Å². The second kappa shape index (κ2) is 15.1. The molecular formula is C30H39NO8.